The van der Waals surface area contributed by atoms with Crippen molar-refractivity contribution in [2.45, 2.75) is 26.7 Å². The minimum Gasteiger partial charge on any atom is -0.496 e. The number of nitrogens with one attached hydrogen (secondary N) is 1. The molecule has 0 radical (unpaired) electrons. The lowest BCUT2D eigenvalue weighted by atomic mass is 10.1. The summed E-state index contributed by atoms with van der Waals surface area (Å²) in [7, 11) is 1.68. The van der Waals surface area contributed by atoms with Crippen molar-refractivity contribution in [3.63, 3.8) is 0 Å². The van der Waals surface area contributed by atoms with E-state index in [1.165, 1.54) is 5.56 Å². The second kappa shape index (κ2) is 5.42. The largest absolute Gasteiger partial charge is 0.496 e. The predicted octanol–water partition coefficient (Wildman–Crippen LogP) is 2.32. The monoisotopic (exact) mass is 247 g/mol. The molecule has 2 rings (SSSR count). The number of rotatable bonds is 5. The highest BCUT2D eigenvalue weighted by Crippen LogP contribution is 2.37. The van der Waals surface area contributed by atoms with Crippen LogP contribution in [0.25, 0.3) is 0 Å². The van der Waals surface area contributed by atoms with Crippen LogP contribution in [0.5, 0.6) is 5.75 Å². The molecule has 2 atom stereocenters. The molecule has 0 bridgehead atoms. The normalized spacial score (nSPS) is 21.5. The Bertz CT molecular complexity index is 442. The first-order valence-corrected chi connectivity index (χ1v) is 6.53. The van der Waals surface area contributed by atoms with Crippen LogP contribution in [0, 0.1) is 18.8 Å². The summed E-state index contributed by atoms with van der Waals surface area (Å²) in [4.78, 5) is 11.7. The third-order valence-electron chi connectivity index (χ3n) is 3.58. The summed E-state index contributed by atoms with van der Waals surface area (Å²) in [6.07, 6.45) is 1.86. The van der Waals surface area contributed by atoms with Crippen LogP contribution in [0.15, 0.2) is 18.2 Å². The Morgan fingerprint density at radius 2 is 2.22 bits per heavy atom. The van der Waals surface area contributed by atoms with Crippen molar-refractivity contribution in [3.8, 4) is 5.75 Å². The van der Waals surface area contributed by atoms with Crippen molar-refractivity contribution >= 4 is 5.91 Å². The van der Waals surface area contributed by atoms with E-state index in [2.05, 4.69) is 25.2 Å². The Morgan fingerprint density at radius 3 is 2.83 bits per heavy atom. The molecule has 1 amide bonds. The van der Waals surface area contributed by atoms with E-state index < -0.39 is 0 Å². The zero-order valence-electron chi connectivity index (χ0n) is 11.3. The van der Waals surface area contributed by atoms with E-state index in [9.17, 15) is 4.79 Å². The number of amides is 1. The van der Waals surface area contributed by atoms with Gasteiger partial charge in [0.05, 0.1) is 7.11 Å². The predicted molar refractivity (Wildman–Crippen MR) is 71.7 cm³/mol. The molecule has 18 heavy (non-hydrogen) atoms. The average molecular weight is 247 g/mol. The Morgan fingerprint density at radius 1 is 1.50 bits per heavy atom. The second-order valence-corrected chi connectivity index (χ2v) is 5.18. The van der Waals surface area contributed by atoms with Gasteiger partial charge in [0.1, 0.15) is 5.75 Å². The summed E-state index contributed by atoms with van der Waals surface area (Å²) >= 11 is 0. The van der Waals surface area contributed by atoms with Gasteiger partial charge in [0.15, 0.2) is 0 Å². The third kappa shape index (κ3) is 3.03. The lowest BCUT2D eigenvalue weighted by molar-refractivity contribution is -0.122. The maximum Gasteiger partial charge on any atom is 0.223 e. The fourth-order valence-corrected chi connectivity index (χ4v) is 2.24. The topological polar surface area (TPSA) is 38.3 Å². The second-order valence-electron chi connectivity index (χ2n) is 5.18. The number of methoxy groups -OCH3 is 1. The van der Waals surface area contributed by atoms with Crippen LogP contribution < -0.4 is 10.1 Å². The van der Waals surface area contributed by atoms with Gasteiger partial charge in [0, 0.05) is 12.5 Å². The molecule has 1 aliphatic rings. The summed E-state index contributed by atoms with van der Waals surface area (Å²) in [6.45, 7) is 4.86. The first kappa shape index (κ1) is 12.9. The fourth-order valence-electron chi connectivity index (χ4n) is 2.24. The number of carbonyl (C=O) groups excluding carboxylic acids is 1. The van der Waals surface area contributed by atoms with Gasteiger partial charge < -0.3 is 10.1 Å². The first-order chi connectivity index (χ1) is 8.61. The standard InChI is InChI=1S/C15H21NO2/c1-10-4-5-14(18-3)12(8-10)6-7-16-15(17)13-9-11(13)2/h4-5,8,11,13H,6-7,9H2,1-3H3,(H,16,17)/t11-,13+/m1/s1. The highest BCUT2D eigenvalue weighted by molar-refractivity contribution is 5.81. The molecule has 3 nitrogen and oxygen atoms in total. The SMILES string of the molecule is COc1ccc(C)cc1CCNC(=O)[C@H]1C[C@H]1C. The highest BCUT2D eigenvalue weighted by Gasteiger charge is 2.38. The number of hydrogen-bond acceptors (Lipinski definition) is 2. The maximum atomic E-state index is 11.7. The third-order valence-corrected chi connectivity index (χ3v) is 3.58. The van der Waals surface area contributed by atoms with Gasteiger partial charge in [-0.05, 0) is 37.3 Å². The van der Waals surface area contributed by atoms with Crippen LogP contribution in [0.3, 0.4) is 0 Å². The first-order valence-electron chi connectivity index (χ1n) is 6.53. The molecule has 0 aromatic heterocycles. The summed E-state index contributed by atoms with van der Waals surface area (Å²) in [6, 6.07) is 6.13. The minimum absolute atomic E-state index is 0.203. The van der Waals surface area contributed by atoms with E-state index >= 15 is 0 Å². The van der Waals surface area contributed by atoms with Crippen molar-refractivity contribution in [1.29, 1.82) is 0 Å². The zero-order chi connectivity index (χ0) is 13.1. The van der Waals surface area contributed by atoms with Crippen LogP contribution >= 0.6 is 0 Å². The summed E-state index contributed by atoms with van der Waals surface area (Å²) in [5.41, 5.74) is 2.37. The molecular weight excluding hydrogens is 226 g/mol. The molecule has 1 aromatic carbocycles. The quantitative estimate of drug-likeness (QED) is 0.867. The summed E-state index contributed by atoms with van der Waals surface area (Å²) < 4.78 is 5.32. The van der Waals surface area contributed by atoms with Gasteiger partial charge in [0.25, 0.3) is 0 Å². The van der Waals surface area contributed by atoms with E-state index in [4.69, 9.17) is 4.74 Å². The van der Waals surface area contributed by atoms with Gasteiger partial charge >= 0.3 is 0 Å². The van der Waals surface area contributed by atoms with Crippen LogP contribution in [0.1, 0.15) is 24.5 Å². The molecule has 98 valence electrons. The molecule has 1 saturated carbocycles. The van der Waals surface area contributed by atoms with E-state index in [0.29, 0.717) is 12.5 Å². The van der Waals surface area contributed by atoms with E-state index in [1.807, 2.05) is 12.1 Å². The van der Waals surface area contributed by atoms with Gasteiger partial charge in [-0.1, -0.05) is 24.6 Å². The Kier molecular flexibility index (Phi) is 3.90. The van der Waals surface area contributed by atoms with Gasteiger partial charge in [-0.15, -0.1) is 0 Å². The molecule has 0 saturated heterocycles. The highest BCUT2D eigenvalue weighted by atomic mass is 16.5. The maximum absolute atomic E-state index is 11.7. The molecule has 1 N–H and O–H groups in total. The van der Waals surface area contributed by atoms with Crippen molar-refractivity contribution in [3.05, 3.63) is 29.3 Å². The van der Waals surface area contributed by atoms with Gasteiger partial charge in [0.2, 0.25) is 5.91 Å². The lowest BCUT2D eigenvalue weighted by Crippen LogP contribution is -2.27. The zero-order valence-corrected chi connectivity index (χ0v) is 11.3. The molecule has 0 aliphatic heterocycles. The van der Waals surface area contributed by atoms with Crippen LogP contribution in [0.2, 0.25) is 0 Å². The Hall–Kier alpha value is -1.51. The summed E-state index contributed by atoms with van der Waals surface area (Å²) in [5, 5.41) is 3.00. The van der Waals surface area contributed by atoms with E-state index in [-0.39, 0.29) is 11.8 Å². The Balaban J connectivity index is 1.86. The van der Waals surface area contributed by atoms with Gasteiger partial charge in [-0.25, -0.2) is 0 Å². The fraction of sp³-hybridized carbons (Fsp3) is 0.533. The molecule has 1 aromatic rings. The van der Waals surface area contributed by atoms with Crippen molar-refractivity contribution in [2.24, 2.45) is 11.8 Å². The number of aryl methyl sites for hydroxylation is 1. The molecule has 3 heteroatoms. The molecule has 0 unspecified atom stereocenters. The smallest absolute Gasteiger partial charge is 0.223 e. The van der Waals surface area contributed by atoms with Gasteiger partial charge in [-0.2, -0.15) is 0 Å². The van der Waals surface area contributed by atoms with Crippen LogP contribution in [0.4, 0.5) is 0 Å². The molecular formula is C15H21NO2. The number of benzene rings is 1. The van der Waals surface area contributed by atoms with Crippen LogP contribution in [-0.2, 0) is 11.2 Å². The van der Waals surface area contributed by atoms with Crippen molar-refractivity contribution < 1.29 is 9.53 Å². The molecule has 0 heterocycles. The molecule has 0 spiro atoms. The summed E-state index contributed by atoms with van der Waals surface area (Å²) in [5.74, 6) is 1.92. The van der Waals surface area contributed by atoms with Crippen LogP contribution in [-0.4, -0.2) is 19.6 Å². The minimum atomic E-state index is 0.203. The lowest BCUT2D eigenvalue weighted by Gasteiger charge is -2.10. The molecule has 1 aliphatic carbocycles. The van der Waals surface area contributed by atoms with Crippen molar-refractivity contribution in [1.82, 2.24) is 5.32 Å². The van der Waals surface area contributed by atoms with E-state index in [0.717, 1.165) is 24.2 Å². The van der Waals surface area contributed by atoms with Gasteiger partial charge in [-0.3, -0.25) is 4.79 Å². The molecule has 1 fully saturated rings. The average Bonchev–Trinajstić information content (AvgIpc) is 3.07. The van der Waals surface area contributed by atoms with Crippen molar-refractivity contribution in [2.75, 3.05) is 13.7 Å². The Labute approximate surface area is 109 Å². The number of carbonyl (C=O) groups is 1. The number of ether oxygens (including phenoxy) is 1. The van der Waals surface area contributed by atoms with E-state index in [1.54, 1.807) is 7.11 Å². The number of hydrogen-bond donors (Lipinski definition) is 1.